The molecule has 0 atom stereocenters. The van der Waals surface area contributed by atoms with Crippen LogP contribution in [-0.2, 0) is 10.0 Å². The topological polar surface area (TPSA) is 94.3 Å². The molecule has 1 aromatic carbocycles. The van der Waals surface area contributed by atoms with Gasteiger partial charge in [-0.05, 0) is 36.4 Å². The standard InChI is InChI=1S/C16H13F2N3O4S/c17-11-3-4-12(18)15(10-11)26(22,23)19-7-9-25-16-6-5-13(20-21-16)14-2-1-8-24-14/h1-6,8,10,19H,7,9H2. The highest BCUT2D eigenvalue weighted by molar-refractivity contribution is 7.89. The Labute approximate surface area is 147 Å². The third-order valence-corrected chi connectivity index (χ3v) is 4.72. The fraction of sp³-hybridized carbons (Fsp3) is 0.125. The number of nitrogens with zero attached hydrogens (tertiary/aromatic N) is 2. The predicted molar refractivity (Wildman–Crippen MR) is 86.8 cm³/mol. The Balaban J connectivity index is 1.54. The van der Waals surface area contributed by atoms with Crippen LogP contribution in [0.4, 0.5) is 8.78 Å². The molecule has 0 aliphatic rings. The molecule has 2 aromatic heterocycles. The van der Waals surface area contributed by atoms with Crippen molar-refractivity contribution in [3.8, 4) is 17.3 Å². The van der Waals surface area contributed by atoms with E-state index in [1.165, 1.54) is 6.26 Å². The van der Waals surface area contributed by atoms with E-state index in [0.29, 0.717) is 17.5 Å². The van der Waals surface area contributed by atoms with Gasteiger partial charge in [0.05, 0.1) is 6.26 Å². The Morgan fingerprint density at radius 3 is 2.65 bits per heavy atom. The number of ether oxygens (including phenoxy) is 1. The first-order valence-corrected chi connectivity index (χ1v) is 8.89. The van der Waals surface area contributed by atoms with E-state index < -0.39 is 26.6 Å². The van der Waals surface area contributed by atoms with Crippen LogP contribution in [-0.4, -0.2) is 31.8 Å². The fourth-order valence-electron chi connectivity index (χ4n) is 2.05. The average molecular weight is 381 g/mol. The van der Waals surface area contributed by atoms with Crippen LogP contribution in [0.15, 0.2) is 58.0 Å². The lowest BCUT2D eigenvalue weighted by atomic mass is 10.3. The first kappa shape index (κ1) is 18.0. The van der Waals surface area contributed by atoms with E-state index in [0.717, 1.165) is 12.1 Å². The lowest BCUT2D eigenvalue weighted by molar-refractivity contribution is 0.307. The van der Waals surface area contributed by atoms with Gasteiger partial charge >= 0.3 is 0 Å². The Hall–Kier alpha value is -2.85. The van der Waals surface area contributed by atoms with Crippen LogP contribution in [0.5, 0.6) is 5.88 Å². The monoisotopic (exact) mass is 381 g/mol. The molecule has 0 radical (unpaired) electrons. The largest absolute Gasteiger partial charge is 0.475 e. The third kappa shape index (κ3) is 4.21. The second-order valence-corrected chi connectivity index (χ2v) is 6.79. The molecule has 3 rings (SSSR count). The van der Waals surface area contributed by atoms with Gasteiger partial charge in [0.2, 0.25) is 15.9 Å². The summed E-state index contributed by atoms with van der Waals surface area (Å²) in [6.07, 6.45) is 1.51. The van der Waals surface area contributed by atoms with Crippen molar-refractivity contribution < 1.29 is 26.4 Å². The van der Waals surface area contributed by atoms with E-state index in [1.54, 1.807) is 24.3 Å². The normalized spacial score (nSPS) is 11.5. The van der Waals surface area contributed by atoms with Crippen LogP contribution < -0.4 is 9.46 Å². The summed E-state index contributed by atoms with van der Waals surface area (Å²) in [7, 11) is -4.20. The van der Waals surface area contributed by atoms with Crippen molar-refractivity contribution in [2.24, 2.45) is 0 Å². The summed E-state index contributed by atoms with van der Waals surface area (Å²) in [6, 6.07) is 8.81. The van der Waals surface area contributed by atoms with E-state index >= 15 is 0 Å². The van der Waals surface area contributed by atoms with Gasteiger partial charge in [-0.25, -0.2) is 21.9 Å². The lowest BCUT2D eigenvalue weighted by Gasteiger charge is -2.08. The summed E-state index contributed by atoms with van der Waals surface area (Å²) in [5.74, 6) is -1.17. The Kier molecular flexibility index (Phi) is 5.24. The summed E-state index contributed by atoms with van der Waals surface area (Å²) in [5.41, 5.74) is 0.518. The van der Waals surface area contributed by atoms with Crippen molar-refractivity contribution >= 4 is 10.0 Å². The minimum Gasteiger partial charge on any atom is -0.475 e. The van der Waals surface area contributed by atoms with Gasteiger partial charge in [0.25, 0.3) is 0 Å². The molecule has 0 saturated carbocycles. The molecule has 2 heterocycles. The van der Waals surface area contributed by atoms with Crippen LogP contribution >= 0.6 is 0 Å². The number of hydrogen-bond acceptors (Lipinski definition) is 6. The number of rotatable bonds is 7. The van der Waals surface area contributed by atoms with Crippen LogP contribution in [0.2, 0.25) is 0 Å². The number of sulfonamides is 1. The van der Waals surface area contributed by atoms with Gasteiger partial charge in [-0.1, -0.05) is 0 Å². The fourth-order valence-corrected chi connectivity index (χ4v) is 3.15. The lowest BCUT2D eigenvalue weighted by Crippen LogP contribution is -2.29. The highest BCUT2D eigenvalue weighted by Crippen LogP contribution is 2.18. The zero-order valence-electron chi connectivity index (χ0n) is 13.2. The number of furan rings is 1. The minimum absolute atomic E-state index is 0.0784. The number of hydrogen-bond donors (Lipinski definition) is 1. The molecular weight excluding hydrogens is 368 g/mol. The van der Waals surface area contributed by atoms with E-state index in [9.17, 15) is 17.2 Å². The van der Waals surface area contributed by atoms with Crippen molar-refractivity contribution in [2.75, 3.05) is 13.2 Å². The molecule has 0 saturated heterocycles. The van der Waals surface area contributed by atoms with E-state index in [4.69, 9.17) is 9.15 Å². The Bertz CT molecular complexity index is 977. The molecule has 136 valence electrons. The zero-order chi connectivity index (χ0) is 18.6. The molecule has 0 amide bonds. The van der Waals surface area contributed by atoms with Crippen molar-refractivity contribution in [1.29, 1.82) is 0 Å². The van der Waals surface area contributed by atoms with E-state index in [2.05, 4.69) is 14.9 Å². The average Bonchev–Trinajstić information content (AvgIpc) is 3.16. The van der Waals surface area contributed by atoms with Crippen LogP contribution in [0.1, 0.15) is 0 Å². The second kappa shape index (κ2) is 7.58. The van der Waals surface area contributed by atoms with Gasteiger partial charge in [-0.15, -0.1) is 10.2 Å². The molecule has 0 bridgehead atoms. The maximum atomic E-state index is 13.6. The molecule has 3 aromatic rings. The van der Waals surface area contributed by atoms with Crippen LogP contribution in [0.25, 0.3) is 11.5 Å². The maximum Gasteiger partial charge on any atom is 0.243 e. The Morgan fingerprint density at radius 2 is 1.96 bits per heavy atom. The molecule has 7 nitrogen and oxygen atoms in total. The van der Waals surface area contributed by atoms with Crippen molar-refractivity contribution in [3.05, 3.63) is 60.4 Å². The summed E-state index contributed by atoms with van der Waals surface area (Å²) < 4.78 is 63.2. The van der Waals surface area contributed by atoms with Gasteiger partial charge in [0.15, 0.2) is 5.76 Å². The molecule has 0 aliphatic heterocycles. The number of benzene rings is 1. The van der Waals surface area contributed by atoms with Gasteiger partial charge in [0.1, 0.15) is 28.8 Å². The molecule has 26 heavy (non-hydrogen) atoms. The smallest absolute Gasteiger partial charge is 0.243 e. The molecule has 0 spiro atoms. The van der Waals surface area contributed by atoms with Gasteiger partial charge < -0.3 is 9.15 Å². The molecule has 0 unspecified atom stereocenters. The SMILES string of the molecule is O=S(=O)(NCCOc1ccc(-c2ccco2)nn1)c1cc(F)ccc1F. The summed E-state index contributed by atoms with van der Waals surface area (Å²) in [4.78, 5) is -0.764. The molecule has 0 fully saturated rings. The van der Waals surface area contributed by atoms with Gasteiger partial charge in [-0.2, -0.15) is 0 Å². The third-order valence-electron chi connectivity index (χ3n) is 3.24. The molecular formula is C16H13F2N3O4S. The van der Waals surface area contributed by atoms with Gasteiger partial charge in [0, 0.05) is 12.6 Å². The van der Waals surface area contributed by atoms with Crippen LogP contribution in [0.3, 0.4) is 0 Å². The maximum absolute atomic E-state index is 13.6. The highest BCUT2D eigenvalue weighted by Gasteiger charge is 2.19. The first-order chi connectivity index (χ1) is 12.5. The predicted octanol–water partition coefficient (Wildman–Crippen LogP) is 2.37. The summed E-state index contributed by atoms with van der Waals surface area (Å²) >= 11 is 0. The highest BCUT2D eigenvalue weighted by atomic mass is 32.2. The quantitative estimate of drug-likeness (QED) is 0.632. The summed E-state index contributed by atoms with van der Waals surface area (Å²) in [6.45, 7) is -0.245. The second-order valence-electron chi connectivity index (χ2n) is 5.06. The van der Waals surface area contributed by atoms with Gasteiger partial charge in [-0.3, -0.25) is 0 Å². The van der Waals surface area contributed by atoms with Crippen molar-refractivity contribution in [3.63, 3.8) is 0 Å². The van der Waals surface area contributed by atoms with E-state index in [1.807, 2.05) is 0 Å². The number of halogens is 2. The molecule has 0 aliphatic carbocycles. The first-order valence-electron chi connectivity index (χ1n) is 7.41. The van der Waals surface area contributed by atoms with Crippen molar-refractivity contribution in [2.45, 2.75) is 4.90 Å². The Morgan fingerprint density at radius 1 is 1.12 bits per heavy atom. The summed E-state index contributed by atoms with van der Waals surface area (Å²) in [5, 5.41) is 7.75. The molecule has 1 N–H and O–H groups in total. The van der Waals surface area contributed by atoms with Crippen molar-refractivity contribution in [1.82, 2.24) is 14.9 Å². The molecule has 10 heteroatoms. The zero-order valence-corrected chi connectivity index (χ0v) is 14.0. The number of nitrogens with one attached hydrogen (secondary N) is 1. The van der Waals surface area contributed by atoms with E-state index in [-0.39, 0.29) is 19.0 Å². The number of aromatic nitrogens is 2. The minimum atomic E-state index is -4.20. The van der Waals surface area contributed by atoms with Crippen LogP contribution in [0, 0.1) is 11.6 Å².